The number of ether oxygens (including phenoxy) is 1. The predicted molar refractivity (Wildman–Crippen MR) is 81.7 cm³/mol. The monoisotopic (exact) mass is 308 g/mol. The summed E-state index contributed by atoms with van der Waals surface area (Å²) in [6.07, 6.45) is 1.61. The molecule has 0 atom stereocenters. The molecule has 6 heteroatoms. The van der Waals surface area contributed by atoms with E-state index in [1.807, 2.05) is 19.1 Å². The molecular formula is C14H13ClN2O2S. The number of amides is 1. The number of hydrogen-bond donors (Lipinski definition) is 1. The third kappa shape index (κ3) is 4.68. The van der Waals surface area contributed by atoms with Gasteiger partial charge in [0, 0.05) is 14.8 Å². The Labute approximate surface area is 126 Å². The number of rotatable bonds is 5. The zero-order valence-corrected chi connectivity index (χ0v) is 12.4. The van der Waals surface area contributed by atoms with Crippen LogP contribution < -0.4 is 10.2 Å². The average Bonchev–Trinajstić information content (AvgIpc) is 2.84. The van der Waals surface area contributed by atoms with Crippen LogP contribution in [0.1, 0.15) is 9.75 Å². The van der Waals surface area contributed by atoms with Crippen molar-refractivity contribution in [3.05, 3.63) is 51.2 Å². The number of thiophene rings is 1. The summed E-state index contributed by atoms with van der Waals surface area (Å²) in [4.78, 5) is 13.7. The lowest BCUT2D eigenvalue weighted by molar-refractivity contribution is -0.123. The molecule has 0 spiro atoms. The number of benzene rings is 1. The van der Waals surface area contributed by atoms with Crippen molar-refractivity contribution in [2.24, 2.45) is 5.10 Å². The number of carbonyl (C=O) groups excluding carboxylic acids is 1. The van der Waals surface area contributed by atoms with Gasteiger partial charge in [-0.1, -0.05) is 11.6 Å². The highest BCUT2D eigenvalue weighted by molar-refractivity contribution is 7.13. The van der Waals surface area contributed by atoms with E-state index in [0.29, 0.717) is 10.8 Å². The number of carbonyl (C=O) groups is 1. The van der Waals surface area contributed by atoms with Crippen LogP contribution in [0.15, 0.2) is 41.5 Å². The molecule has 0 aliphatic rings. The standard InChI is InChI=1S/C14H13ClN2O2S/c1-10-2-7-13(20-10)8-16-17-14(18)9-19-12-5-3-11(15)4-6-12/h2-8H,9H2,1H3,(H,17,18). The smallest absolute Gasteiger partial charge is 0.277 e. The van der Waals surface area contributed by atoms with E-state index >= 15 is 0 Å². The van der Waals surface area contributed by atoms with Gasteiger partial charge in [0.25, 0.3) is 5.91 Å². The fourth-order valence-corrected chi connectivity index (χ4v) is 2.28. The molecule has 1 heterocycles. The Bertz CT molecular complexity index is 608. The maximum absolute atomic E-state index is 11.5. The molecule has 0 unspecified atom stereocenters. The zero-order valence-electron chi connectivity index (χ0n) is 10.8. The van der Waals surface area contributed by atoms with Crippen LogP contribution in [0.4, 0.5) is 0 Å². The molecule has 0 bridgehead atoms. The van der Waals surface area contributed by atoms with E-state index in [4.69, 9.17) is 16.3 Å². The lowest BCUT2D eigenvalue weighted by Gasteiger charge is -2.04. The van der Waals surface area contributed by atoms with Crippen LogP contribution >= 0.6 is 22.9 Å². The summed E-state index contributed by atoms with van der Waals surface area (Å²) < 4.78 is 5.29. The van der Waals surface area contributed by atoms with Crippen LogP contribution in [0, 0.1) is 6.92 Å². The van der Waals surface area contributed by atoms with Crippen LogP contribution in [0.2, 0.25) is 5.02 Å². The van der Waals surface area contributed by atoms with E-state index < -0.39 is 0 Å². The maximum Gasteiger partial charge on any atom is 0.277 e. The molecule has 1 aromatic heterocycles. The molecule has 2 rings (SSSR count). The van der Waals surface area contributed by atoms with Crippen LogP contribution in [0.25, 0.3) is 0 Å². The third-order valence-corrected chi connectivity index (χ3v) is 3.51. The average molecular weight is 309 g/mol. The van der Waals surface area contributed by atoms with Gasteiger partial charge in [0.15, 0.2) is 6.61 Å². The van der Waals surface area contributed by atoms with E-state index in [1.165, 1.54) is 4.88 Å². The Morgan fingerprint density at radius 1 is 1.35 bits per heavy atom. The highest BCUT2D eigenvalue weighted by atomic mass is 35.5. The summed E-state index contributed by atoms with van der Waals surface area (Å²) in [5, 5.41) is 4.49. The van der Waals surface area contributed by atoms with Crippen molar-refractivity contribution in [1.82, 2.24) is 5.43 Å². The van der Waals surface area contributed by atoms with Gasteiger partial charge in [0.1, 0.15) is 5.75 Å². The molecule has 104 valence electrons. The lowest BCUT2D eigenvalue weighted by Crippen LogP contribution is -2.24. The maximum atomic E-state index is 11.5. The van der Waals surface area contributed by atoms with Gasteiger partial charge in [-0.3, -0.25) is 4.79 Å². The van der Waals surface area contributed by atoms with Crippen LogP contribution in [0.3, 0.4) is 0 Å². The largest absolute Gasteiger partial charge is 0.484 e. The van der Waals surface area contributed by atoms with E-state index in [-0.39, 0.29) is 12.5 Å². The van der Waals surface area contributed by atoms with Crippen LogP contribution in [-0.2, 0) is 4.79 Å². The van der Waals surface area contributed by atoms with Crippen molar-refractivity contribution in [3.63, 3.8) is 0 Å². The van der Waals surface area contributed by atoms with E-state index in [2.05, 4.69) is 10.5 Å². The van der Waals surface area contributed by atoms with Gasteiger partial charge in [-0.15, -0.1) is 11.3 Å². The molecule has 0 aliphatic heterocycles. The fraction of sp³-hybridized carbons (Fsp3) is 0.143. The predicted octanol–water partition coefficient (Wildman–Crippen LogP) is 3.24. The number of hydrogen-bond acceptors (Lipinski definition) is 4. The minimum atomic E-state index is -0.315. The highest BCUT2D eigenvalue weighted by Gasteiger charge is 2.01. The first-order chi connectivity index (χ1) is 9.63. The topological polar surface area (TPSA) is 50.7 Å². The molecule has 20 heavy (non-hydrogen) atoms. The van der Waals surface area contributed by atoms with E-state index in [9.17, 15) is 4.79 Å². The summed E-state index contributed by atoms with van der Waals surface area (Å²) in [5.41, 5.74) is 2.41. The highest BCUT2D eigenvalue weighted by Crippen LogP contribution is 2.15. The molecule has 0 saturated carbocycles. The number of nitrogens with zero attached hydrogens (tertiary/aromatic N) is 1. The molecule has 1 aromatic carbocycles. The molecular weight excluding hydrogens is 296 g/mol. The number of halogens is 1. The molecule has 0 saturated heterocycles. The van der Waals surface area contributed by atoms with Crippen molar-refractivity contribution in [3.8, 4) is 5.75 Å². The Morgan fingerprint density at radius 2 is 2.10 bits per heavy atom. The Kier molecular flexibility index (Phi) is 5.15. The molecule has 1 amide bonds. The first-order valence-corrected chi connectivity index (χ1v) is 7.09. The van der Waals surface area contributed by atoms with Gasteiger partial charge in [-0.25, -0.2) is 5.43 Å². The first kappa shape index (κ1) is 14.6. The Hall–Kier alpha value is -1.85. The van der Waals surface area contributed by atoms with Gasteiger partial charge in [0.2, 0.25) is 0 Å². The minimum absolute atomic E-state index is 0.0948. The van der Waals surface area contributed by atoms with Crippen LogP contribution in [-0.4, -0.2) is 18.7 Å². The number of nitrogens with one attached hydrogen (secondary N) is 1. The zero-order chi connectivity index (χ0) is 14.4. The molecule has 0 aliphatic carbocycles. The summed E-state index contributed by atoms with van der Waals surface area (Å²) >= 11 is 7.36. The fourth-order valence-electron chi connectivity index (χ4n) is 1.40. The lowest BCUT2D eigenvalue weighted by atomic mass is 10.3. The van der Waals surface area contributed by atoms with Crippen molar-refractivity contribution in [1.29, 1.82) is 0 Å². The number of hydrazone groups is 1. The molecule has 4 nitrogen and oxygen atoms in total. The minimum Gasteiger partial charge on any atom is -0.484 e. The van der Waals surface area contributed by atoms with E-state index in [0.717, 1.165) is 4.88 Å². The second-order valence-electron chi connectivity index (χ2n) is 3.98. The summed E-state index contributed by atoms with van der Waals surface area (Å²) in [6, 6.07) is 10.7. The van der Waals surface area contributed by atoms with Crippen molar-refractivity contribution in [2.75, 3.05) is 6.61 Å². The van der Waals surface area contributed by atoms with Crippen molar-refractivity contribution in [2.45, 2.75) is 6.92 Å². The SMILES string of the molecule is Cc1ccc(C=NNC(=O)COc2ccc(Cl)cc2)s1. The normalized spacial score (nSPS) is 10.7. The molecule has 2 aromatic rings. The Morgan fingerprint density at radius 3 is 2.75 bits per heavy atom. The third-order valence-electron chi connectivity index (χ3n) is 2.33. The van der Waals surface area contributed by atoms with Crippen LogP contribution in [0.5, 0.6) is 5.75 Å². The molecule has 1 N–H and O–H groups in total. The second-order valence-corrected chi connectivity index (χ2v) is 5.74. The van der Waals surface area contributed by atoms with E-state index in [1.54, 1.807) is 41.8 Å². The summed E-state index contributed by atoms with van der Waals surface area (Å²) in [5.74, 6) is 0.270. The van der Waals surface area contributed by atoms with Crippen molar-refractivity contribution >= 4 is 35.1 Å². The number of aryl methyl sites for hydroxylation is 1. The Balaban J connectivity index is 1.75. The van der Waals surface area contributed by atoms with Gasteiger partial charge < -0.3 is 4.74 Å². The summed E-state index contributed by atoms with van der Waals surface area (Å²) in [6.45, 7) is 1.92. The van der Waals surface area contributed by atoms with Gasteiger partial charge in [-0.2, -0.15) is 5.10 Å². The summed E-state index contributed by atoms with van der Waals surface area (Å²) in [7, 11) is 0. The molecule has 0 fully saturated rings. The van der Waals surface area contributed by atoms with Gasteiger partial charge in [-0.05, 0) is 43.3 Å². The van der Waals surface area contributed by atoms with Crippen molar-refractivity contribution < 1.29 is 9.53 Å². The molecule has 0 radical (unpaired) electrons. The van der Waals surface area contributed by atoms with Gasteiger partial charge in [0.05, 0.1) is 6.21 Å². The first-order valence-electron chi connectivity index (χ1n) is 5.90. The van der Waals surface area contributed by atoms with Gasteiger partial charge >= 0.3 is 0 Å². The second kappa shape index (κ2) is 7.07. The quantitative estimate of drug-likeness (QED) is 0.681.